The summed E-state index contributed by atoms with van der Waals surface area (Å²) < 4.78 is 12.6. The van der Waals surface area contributed by atoms with Gasteiger partial charge in [-0.25, -0.2) is 14.6 Å². The van der Waals surface area contributed by atoms with Crippen molar-refractivity contribution >= 4 is 28.6 Å². The molecule has 4 heterocycles. The van der Waals surface area contributed by atoms with Gasteiger partial charge in [-0.05, 0) is 18.9 Å². The minimum Gasteiger partial charge on any atom is -0.466 e. The number of carbonyl (C=O) groups excluding carboxylic acids is 2. The lowest BCUT2D eigenvalue weighted by molar-refractivity contribution is -0.147. The fourth-order valence-electron chi connectivity index (χ4n) is 4.42. The minimum atomic E-state index is -0.321. The van der Waals surface area contributed by atoms with Crippen molar-refractivity contribution in [3.63, 3.8) is 0 Å². The Balaban J connectivity index is 1.45. The van der Waals surface area contributed by atoms with Crippen molar-refractivity contribution in [3.8, 4) is 11.5 Å². The van der Waals surface area contributed by atoms with Crippen LogP contribution in [0.1, 0.15) is 55.2 Å². The Morgan fingerprint density at radius 3 is 2.81 bits per heavy atom. The molecule has 0 bridgehead atoms. The Morgan fingerprint density at radius 1 is 1.22 bits per heavy atom. The van der Waals surface area contributed by atoms with E-state index in [1.54, 1.807) is 17.1 Å². The van der Waals surface area contributed by atoms with Crippen molar-refractivity contribution in [3.05, 3.63) is 60.2 Å². The van der Waals surface area contributed by atoms with Gasteiger partial charge < -0.3 is 19.8 Å². The zero-order chi connectivity index (χ0) is 25.1. The summed E-state index contributed by atoms with van der Waals surface area (Å²) in [5, 5.41) is 11.7. The maximum absolute atomic E-state index is 13.0. The van der Waals surface area contributed by atoms with Crippen molar-refractivity contribution in [1.29, 1.82) is 0 Å². The third-order valence-electron chi connectivity index (χ3n) is 6.34. The molecule has 0 spiro atoms. The van der Waals surface area contributed by atoms with Gasteiger partial charge in [-0.15, -0.1) is 0 Å². The van der Waals surface area contributed by atoms with Crippen LogP contribution in [-0.4, -0.2) is 44.3 Å². The lowest BCUT2D eigenvalue weighted by Crippen LogP contribution is -2.31. The molecular formula is C26H28N6O4. The number of hydrogen-bond donors (Lipinski definition) is 2. The summed E-state index contributed by atoms with van der Waals surface area (Å²) in [4.78, 5) is 33.9. The number of anilines is 1. The molecule has 0 aliphatic carbocycles. The lowest BCUT2D eigenvalue weighted by atomic mass is 10.0. The van der Waals surface area contributed by atoms with Gasteiger partial charge in [0.2, 0.25) is 5.89 Å². The van der Waals surface area contributed by atoms with E-state index in [0.717, 1.165) is 17.4 Å². The van der Waals surface area contributed by atoms with Crippen LogP contribution in [0.15, 0.2) is 53.4 Å². The van der Waals surface area contributed by atoms with E-state index in [2.05, 4.69) is 25.7 Å². The van der Waals surface area contributed by atoms with Gasteiger partial charge in [0.05, 0.1) is 41.9 Å². The largest absolute Gasteiger partial charge is 0.466 e. The Hall–Kier alpha value is -4.21. The summed E-state index contributed by atoms with van der Waals surface area (Å²) in [6.45, 7) is 5.03. The van der Waals surface area contributed by atoms with Crippen LogP contribution in [0.2, 0.25) is 0 Å². The van der Waals surface area contributed by atoms with Crippen LogP contribution in [0.3, 0.4) is 0 Å². The smallest absolute Gasteiger partial charge is 0.307 e. The second kappa shape index (κ2) is 10.2. The first-order valence-corrected chi connectivity index (χ1v) is 12.2. The number of rotatable bonds is 8. The van der Waals surface area contributed by atoms with Gasteiger partial charge in [0.1, 0.15) is 6.26 Å². The number of pyridine rings is 1. The van der Waals surface area contributed by atoms with Crippen molar-refractivity contribution in [2.75, 3.05) is 11.9 Å². The molecule has 1 aliphatic rings. The van der Waals surface area contributed by atoms with Crippen molar-refractivity contribution < 1.29 is 18.7 Å². The minimum absolute atomic E-state index is 0.116. The molecule has 3 aromatic heterocycles. The van der Waals surface area contributed by atoms with Crippen LogP contribution in [0.5, 0.6) is 0 Å². The standard InChI is InChI=1S/C26H28N6O4/c1-3-20(16-8-6-5-7-9-16)30-25(34)21-15-36-26(31-21)19-13-27-24-18(14-28-32(24)4-2)23(19)29-17-10-11-35-22(33)12-17/h5-9,13-15,17,20H,3-4,10-12H2,1-2H3,(H,27,29)(H,30,34)/t17?,20-/m1/s1. The van der Waals surface area contributed by atoms with E-state index in [4.69, 9.17) is 9.15 Å². The molecule has 2 atom stereocenters. The maximum Gasteiger partial charge on any atom is 0.307 e. The van der Waals surface area contributed by atoms with Gasteiger partial charge in [-0.1, -0.05) is 37.3 Å². The summed E-state index contributed by atoms with van der Waals surface area (Å²) in [5.74, 6) is -0.306. The van der Waals surface area contributed by atoms with Gasteiger partial charge in [-0.2, -0.15) is 5.10 Å². The summed E-state index contributed by atoms with van der Waals surface area (Å²) in [6, 6.07) is 9.55. The highest BCUT2D eigenvalue weighted by Crippen LogP contribution is 2.35. The Bertz CT molecular complexity index is 1380. The molecule has 4 aromatic rings. The average Bonchev–Trinajstić information content (AvgIpc) is 3.56. The number of hydrogen-bond acceptors (Lipinski definition) is 8. The van der Waals surface area contributed by atoms with Crippen molar-refractivity contribution in [2.45, 2.75) is 51.7 Å². The van der Waals surface area contributed by atoms with Gasteiger partial charge >= 0.3 is 5.97 Å². The number of oxazole rings is 1. The monoisotopic (exact) mass is 488 g/mol. The first-order chi connectivity index (χ1) is 17.6. The molecule has 1 aliphatic heterocycles. The molecule has 1 amide bonds. The molecule has 1 saturated heterocycles. The molecule has 10 nitrogen and oxygen atoms in total. The zero-order valence-electron chi connectivity index (χ0n) is 20.2. The molecule has 0 radical (unpaired) electrons. The van der Waals surface area contributed by atoms with Crippen LogP contribution in [0.25, 0.3) is 22.5 Å². The zero-order valence-corrected chi connectivity index (χ0v) is 20.2. The Labute approximate surface area is 208 Å². The average molecular weight is 489 g/mol. The fourth-order valence-corrected chi connectivity index (χ4v) is 4.42. The molecule has 1 aromatic carbocycles. The summed E-state index contributed by atoms with van der Waals surface area (Å²) >= 11 is 0. The molecule has 186 valence electrons. The van der Waals surface area contributed by atoms with Crippen LogP contribution in [0.4, 0.5) is 5.69 Å². The number of cyclic esters (lactones) is 1. The lowest BCUT2D eigenvalue weighted by Gasteiger charge is -2.24. The van der Waals surface area contributed by atoms with Crippen molar-refractivity contribution in [1.82, 2.24) is 25.1 Å². The SMILES string of the molecule is CC[C@@H](NC(=O)c1coc(-c2cnc3c(cnn3CC)c2NC2CCOC(=O)C2)n1)c1ccccc1. The third-order valence-corrected chi connectivity index (χ3v) is 6.34. The highest BCUT2D eigenvalue weighted by Gasteiger charge is 2.26. The third kappa shape index (κ3) is 4.66. The van der Waals surface area contributed by atoms with Gasteiger partial charge in [0.15, 0.2) is 11.3 Å². The highest BCUT2D eigenvalue weighted by atomic mass is 16.5. The van der Waals surface area contributed by atoms with Crippen molar-refractivity contribution in [2.24, 2.45) is 0 Å². The number of fused-ring (bicyclic) bond motifs is 1. The molecule has 1 fully saturated rings. The fraction of sp³-hybridized carbons (Fsp3) is 0.346. The number of ether oxygens (including phenoxy) is 1. The number of aromatic nitrogens is 4. The molecule has 36 heavy (non-hydrogen) atoms. The van der Waals surface area contributed by atoms with Crippen LogP contribution in [0, 0.1) is 0 Å². The second-order valence-corrected chi connectivity index (χ2v) is 8.68. The Morgan fingerprint density at radius 2 is 2.06 bits per heavy atom. The van der Waals surface area contributed by atoms with E-state index in [0.29, 0.717) is 36.5 Å². The number of nitrogens with one attached hydrogen (secondary N) is 2. The highest BCUT2D eigenvalue weighted by molar-refractivity contribution is 5.98. The molecule has 1 unspecified atom stereocenters. The molecular weight excluding hydrogens is 460 g/mol. The first-order valence-electron chi connectivity index (χ1n) is 12.2. The topological polar surface area (TPSA) is 124 Å². The quantitative estimate of drug-likeness (QED) is 0.355. The van der Waals surface area contributed by atoms with E-state index in [9.17, 15) is 9.59 Å². The normalized spacial score (nSPS) is 16.5. The van der Waals surface area contributed by atoms with Crippen LogP contribution in [-0.2, 0) is 16.1 Å². The number of esters is 1. The number of amides is 1. The first kappa shape index (κ1) is 23.5. The van der Waals surface area contributed by atoms with Gasteiger partial charge in [0, 0.05) is 25.2 Å². The molecule has 10 heteroatoms. The predicted octanol–water partition coefficient (Wildman–Crippen LogP) is 4.10. The van der Waals surface area contributed by atoms with Gasteiger partial charge in [-0.3, -0.25) is 9.59 Å². The molecule has 5 rings (SSSR count). The number of carbonyl (C=O) groups is 2. The summed E-state index contributed by atoms with van der Waals surface area (Å²) in [6.07, 6.45) is 6.41. The maximum atomic E-state index is 13.0. The number of nitrogens with zero attached hydrogens (tertiary/aromatic N) is 4. The van der Waals surface area contributed by atoms with Crippen LogP contribution < -0.4 is 10.6 Å². The predicted molar refractivity (Wildman–Crippen MR) is 133 cm³/mol. The van der Waals surface area contributed by atoms with Gasteiger partial charge in [0.25, 0.3) is 5.91 Å². The number of aryl methyl sites for hydroxylation is 1. The second-order valence-electron chi connectivity index (χ2n) is 8.68. The van der Waals surface area contributed by atoms with Crippen LogP contribution >= 0.6 is 0 Å². The summed E-state index contributed by atoms with van der Waals surface area (Å²) in [7, 11) is 0. The van der Waals surface area contributed by atoms with E-state index >= 15 is 0 Å². The van der Waals surface area contributed by atoms with E-state index < -0.39 is 0 Å². The van der Waals surface area contributed by atoms with E-state index in [-0.39, 0.29) is 42.0 Å². The van der Waals surface area contributed by atoms with E-state index in [1.807, 2.05) is 44.2 Å². The molecule has 0 saturated carbocycles. The Kier molecular flexibility index (Phi) is 6.66. The number of benzene rings is 1. The molecule has 2 N–H and O–H groups in total. The summed E-state index contributed by atoms with van der Waals surface area (Å²) in [5.41, 5.74) is 3.21. The van der Waals surface area contributed by atoms with E-state index in [1.165, 1.54) is 6.26 Å².